The highest BCUT2D eigenvalue weighted by Gasteiger charge is 2.01. The summed E-state index contributed by atoms with van der Waals surface area (Å²) in [5.41, 5.74) is 0. The second-order valence-corrected chi connectivity index (χ2v) is 2.00. The molecule has 0 radical (unpaired) electrons. The number of hydrogen-bond acceptors (Lipinski definition) is 1. The highest BCUT2D eigenvalue weighted by atomic mass is 19.3. The van der Waals surface area contributed by atoms with Gasteiger partial charge in [0.1, 0.15) is 0 Å². The summed E-state index contributed by atoms with van der Waals surface area (Å²) in [5, 5.41) is 0. The number of ether oxygens (including phenoxy) is 1. The summed E-state index contributed by atoms with van der Waals surface area (Å²) >= 11 is 0. The predicted molar refractivity (Wildman–Crippen MR) is 36.0 cm³/mol. The lowest BCUT2D eigenvalue weighted by Crippen LogP contribution is -2.06. The van der Waals surface area contributed by atoms with Gasteiger partial charge >= 0.3 is 0 Å². The minimum atomic E-state index is -1.63. The largest absolute Gasteiger partial charge is 0.381 e. The Labute approximate surface area is 59.7 Å². The van der Waals surface area contributed by atoms with Crippen molar-refractivity contribution in [2.24, 2.45) is 0 Å². The molecule has 0 aromatic carbocycles. The Balaban J connectivity index is 3.54. The van der Waals surface area contributed by atoms with Gasteiger partial charge in [-0.1, -0.05) is 6.92 Å². The SMILES string of the molecule is CCC(CC=C(F)F)OC. The Morgan fingerprint density at radius 1 is 1.60 bits per heavy atom. The molecule has 0 amide bonds. The van der Waals surface area contributed by atoms with E-state index in [-0.39, 0.29) is 6.10 Å². The predicted octanol–water partition coefficient (Wildman–Crippen LogP) is 2.58. The molecular weight excluding hydrogens is 138 g/mol. The fourth-order valence-corrected chi connectivity index (χ4v) is 0.650. The third-order valence-corrected chi connectivity index (χ3v) is 1.32. The summed E-state index contributed by atoms with van der Waals surface area (Å²) in [6.07, 6.45) is 0.254. The average molecular weight is 150 g/mol. The molecule has 0 aliphatic rings. The summed E-state index contributed by atoms with van der Waals surface area (Å²) in [6, 6.07) is 0. The van der Waals surface area contributed by atoms with E-state index in [1.54, 1.807) is 0 Å². The molecule has 0 bridgehead atoms. The Kier molecular flexibility index (Phi) is 5.12. The summed E-state index contributed by atoms with van der Waals surface area (Å²) in [6.45, 7) is 1.90. The van der Waals surface area contributed by atoms with E-state index in [1.807, 2.05) is 6.92 Å². The van der Waals surface area contributed by atoms with Crippen molar-refractivity contribution < 1.29 is 13.5 Å². The molecule has 0 aliphatic heterocycles. The van der Waals surface area contributed by atoms with Crippen LogP contribution in [0.4, 0.5) is 8.78 Å². The molecule has 0 spiro atoms. The maximum Gasteiger partial charge on any atom is 0.266 e. The van der Waals surface area contributed by atoms with Crippen molar-refractivity contribution in [3.63, 3.8) is 0 Å². The molecule has 3 heteroatoms. The fraction of sp³-hybridized carbons (Fsp3) is 0.714. The van der Waals surface area contributed by atoms with E-state index in [4.69, 9.17) is 4.74 Å². The second kappa shape index (κ2) is 5.35. The molecule has 10 heavy (non-hydrogen) atoms. The van der Waals surface area contributed by atoms with Crippen LogP contribution < -0.4 is 0 Å². The first kappa shape index (κ1) is 9.56. The molecule has 0 aromatic rings. The van der Waals surface area contributed by atoms with E-state index in [0.29, 0.717) is 6.42 Å². The van der Waals surface area contributed by atoms with Gasteiger partial charge in [-0.15, -0.1) is 0 Å². The van der Waals surface area contributed by atoms with Gasteiger partial charge in [-0.25, -0.2) is 0 Å². The molecule has 1 unspecified atom stereocenters. The highest BCUT2D eigenvalue weighted by molar-refractivity contribution is 4.82. The van der Waals surface area contributed by atoms with Gasteiger partial charge in [-0.3, -0.25) is 0 Å². The molecule has 0 rings (SSSR count). The molecule has 0 aromatic heterocycles. The Morgan fingerprint density at radius 2 is 2.20 bits per heavy atom. The number of methoxy groups -OCH3 is 1. The topological polar surface area (TPSA) is 9.23 Å². The van der Waals surface area contributed by atoms with Gasteiger partial charge in [0.25, 0.3) is 6.08 Å². The molecule has 1 nitrogen and oxygen atoms in total. The molecule has 0 aliphatic carbocycles. The van der Waals surface area contributed by atoms with Crippen LogP contribution in [0.1, 0.15) is 19.8 Å². The zero-order valence-corrected chi connectivity index (χ0v) is 6.23. The van der Waals surface area contributed by atoms with Crippen LogP contribution in [0.25, 0.3) is 0 Å². The molecule has 0 heterocycles. The van der Waals surface area contributed by atoms with Gasteiger partial charge in [0.2, 0.25) is 0 Å². The summed E-state index contributed by atoms with van der Waals surface area (Å²) in [4.78, 5) is 0. The third kappa shape index (κ3) is 4.44. The normalized spacial score (nSPS) is 12.8. The van der Waals surface area contributed by atoms with E-state index < -0.39 is 6.08 Å². The average Bonchev–Trinajstić information content (AvgIpc) is 1.90. The quantitative estimate of drug-likeness (QED) is 0.598. The minimum Gasteiger partial charge on any atom is -0.381 e. The van der Waals surface area contributed by atoms with Crippen molar-refractivity contribution >= 4 is 0 Å². The molecule has 0 fully saturated rings. The van der Waals surface area contributed by atoms with Crippen molar-refractivity contribution in [3.8, 4) is 0 Å². The van der Waals surface area contributed by atoms with E-state index in [0.717, 1.165) is 12.5 Å². The van der Waals surface area contributed by atoms with Gasteiger partial charge < -0.3 is 4.74 Å². The first-order chi connectivity index (χ1) is 4.70. The second-order valence-electron chi connectivity index (χ2n) is 2.00. The van der Waals surface area contributed by atoms with Crippen molar-refractivity contribution in [1.82, 2.24) is 0 Å². The Hall–Kier alpha value is -0.440. The van der Waals surface area contributed by atoms with Crippen LogP contribution in [0.5, 0.6) is 0 Å². The number of hydrogen-bond donors (Lipinski definition) is 0. The van der Waals surface area contributed by atoms with Gasteiger partial charge in [-0.2, -0.15) is 8.78 Å². The van der Waals surface area contributed by atoms with Crippen molar-refractivity contribution in [3.05, 3.63) is 12.2 Å². The van der Waals surface area contributed by atoms with Gasteiger partial charge in [0.15, 0.2) is 0 Å². The lowest BCUT2D eigenvalue weighted by Gasteiger charge is -2.08. The Bertz CT molecular complexity index is 104. The molecular formula is C7H12F2O. The van der Waals surface area contributed by atoms with Crippen LogP contribution in [0, 0.1) is 0 Å². The van der Waals surface area contributed by atoms with E-state index in [2.05, 4.69) is 0 Å². The van der Waals surface area contributed by atoms with E-state index in [9.17, 15) is 8.78 Å². The zero-order valence-electron chi connectivity index (χ0n) is 6.23. The van der Waals surface area contributed by atoms with Crippen LogP contribution in [0.2, 0.25) is 0 Å². The highest BCUT2D eigenvalue weighted by Crippen LogP contribution is 2.06. The standard InChI is InChI=1S/C7H12F2O/c1-3-6(10-2)4-5-7(8)9/h5-6H,3-4H2,1-2H3. The van der Waals surface area contributed by atoms with Crippen LogP contribution >= 0.6 is 0 Å². The summed E-state index contributed by atoms with van der Waals surface area (Å²) in [7, 11) is 1.53. The third-order valence-electron chi connectivity index (χ3n) is 1.32. The number of halogens is 2. The summed E-state index contributed by atoms with van der Waals surface area (Å²) < 4.78 is 27.8. The summed E-state index contributed by atoms with van der Waals surface area (Å²) in [5.74, 6) is 0. The van der Waals surface area contributed by atoms with Crippen molar-refractivity contribution in [1.29, 1.82) is 0 Å². The minimum absolute atomic E-state index is 0.0681. The lowest BCUT2D eigenvalue weighted by atomic mass is 10.2. The number of rotatable bonds is 4. The lowest BCUT2D eigenvalue weighted by molar-refractivity contribution is 0.101. The molecule has 0 saturated heterocycles. The van der Waals surface area contributed by atoms with Crippen molar-refractivity contribution in [2.45, 2.75) is 25.9 Å². The zero-order chi connectivity index (χ0) is 7.98. The van der Waals surface area contributed by atoms with Crippen molar-refractivity contribution in [2.75, 3.05) is 7.11 Å². The van der Waals surface area contributed by atoms with Crippen LogP contribution in [0.3, 0.4) is 0 Å². The monoisotopic (exact) mass is 150 g/mol. The van der Waals surface area contributed by atoms with E-state index in [1.165, 1.54) is 7.11 Å². The smallest absolute Gasteiger partial charge is 0.266 e. The van der Waals surface area contributed by atoms with Gasteiger partial charge in [-0.05, 0) is 18.9 Å². The first-order valence-electron chi connectivity index (χ1n) is 3.24. The van der Waals surface area contributed by atoms with E-state index >= 15 is 0 Å². The van der Waals surface area contributed by atoms with Crippen LogP contribution in [-0.4, -0.2) is 13.2 Å². The maximum atomic E-state index is 11.5. The van der Waals surface area contributed by atoms with Gasteiger partial charge in [0, 0.05) is 7.11 Å². The molecule has 0 saturated carbocycles. The first-order valence-corrected chi connectivity index (χ1v) is 3.24. The van der Waals surface area contributed by atoms with Crippen LogP contribution in [0.15, 0.2) is 12.2 Å². The molecule has 0 N–H and O–H groups in total. The van der Waals surface area contributed by atoms with Gasteiger partial charge in [0.05, 0.1) is 6.10 Å². The molecule has 60 valence electrons. The maximum absolute atomic E-state index is 11.5. The van der Waals surface area contributed by atoms with Crippen LogP contribution in [-0.2, 0) is 4.74 Å². The molecule has 1 atom stereocenters. The fourth-order valence-electron chi connectivity index (χ4n) is 0.650. The Morgan fingerprint density at radius 3 is 2.50 bits per heavy atom.